The quantitative estimate of drug-likeness (QED) is 0.656. The summed E-state index contributed by atoms with van der Waals surface area (Å²) in [6.45, 7) is 2.23. The average molecular weight is 192 g/mol. The molecule has 0 saturated heterocycles. The lowest BCUT2D eigenvalue weighted by Crippen LogP contribution is -1.88. The molecule has 0 atom stereocenters. The molecular formula is C12H16S. The highest BCUT2D eigenvalue weighted by Gasteiger charge is 2.07. The number of hydrogen-bond donors (Lipinski definition) is 0. The molecule has 1 aliphatic rings. The first-order valence-corrected chi connectivity index (χ1v) is 6.00. The standard InChI is InChI=1S/C12H16S/c1-2-11-8-9-12(13-11)10-6-4-3-5-7-10/h6,8-9H,2-5,7H2,1H3. The molecule has 2 rings (SSSR count). The second-order valence-corrected chi connectivity index (χ2v) is 4.76. The van der Waals surface area contributed by atoms with Crippen molar-refractivity contribution < 1.29 is 0 Å². The minimum absolute atomic E-state index is 1.18. The lowest BCUT2D eigenvalue weighted by atomic mass is 9.99. The Morgan fingerprint density at radius 2 is 2.23 bits per heavy atom. The summed E-state index contributed by atoms with van der Waals surface area (Å²) in [7, 11) is 0. The predicted molar refractivity (Wildman–Crippen MR) is 60.1 cm³/mol. The van der Waals surface area contributed by atoms with Gasteiger partial charge in [-0.2, -0.15) is 0 Å². The maximum Gasteiger partial charge on any atom is 0.0302 e. The van der Waals surface area contributed by atoms with Gasteiger partial charge in [-0.05, 0) is 49.8 Å². The zero-order valence-electron chi connectivity index (χ0n) is 8.18. The Hall–Kier alpha value is -0.560. The van der Waals surface area contributed by atoms with Crippen LogP contribution < -0.4 is 0 Å². The first kappa shape index (κ1) is 9.01. The average Bonchev–Trinajstić information content (AvgIpc) is 2.67. The zero-order valence-corrected chi connectivity index (χ0v) is 8.99. The molecule has 1 aliphatic carbocycles. The first-order chi connectivity index (χ1) is 6.40. The van der Waals surface area contributed by atoms with Crippen molar-refractivity contribution in [2.75, 3.05) is 0 Å². The van der Waals surface area contributed by atoms with Crippen LogP contribution in [0, 0.1) is 0 Å². The van der Waals surface area contributed by atoms with Crippen molar-refractivity contribution in [3.63, 3.8) is 0 Å². The molecule has 0 aromatic carbocycles. The molecule has 0 N–H and O–H groups in total. The summed E-state index contributed by atoms with van der Waals surface area (Å²) in [4.78, 5) is 3.03. The van der Waals surface area contributed by atoms with Crippen LogP contribution in [0.5, 0.6) is 0 Å². The summed E-state index contributed by atoms with van der Waals surface area (Å²) in [5, 5.41) is 0. The highest BCUT2D eigenvalue weighted by atomic mass is 32.1. The van der Waals surface area contributed by atoms with E-state index in [1.165, 1.54) is 41.9 Å². The molecule has 0 nitrogen and oxygen atoms in total. The molecule has 1 aromatic rings. The van der Waals surface area contributed by atoms with Crippen molar-refractivity contribution in [2.45, 2.75) is 39.0 Å². The molecule has 0 bridgehead atoms. The largest absolute Gasteiger partial charge is 0.141 e. The highest BCUT2D eigenvalue weighted by molar-refractivity contribution is 7.13. The van der Waals surface area contributed by atoms with E-state index in [0.717, 1.165) is 0 Å². The van der Waals surface area contributed by atoms with Crippen molar-refractivity contribution in [1.29, 1.82) is 0 Å². The second-order valence-electron chi connectivity index (χ2n) is 3.59. The second kappa shape index (κ2) is 4.10. The van der Waals surface area contributed by atoms with Gasteiger partial charge in [-0.3, -0.25) is 0 Å². The third kappa shape index (κ3) is 2.02. The van der Waals surface area contributed by atoms with E-state index in [-0.39, 0.29) is 0 Å². The fourth-order valence-electron chi connectivity index (χ4n) is 1.80. The molecular weight excluding hydrogens is 176 g/mol. The van der Waals surface area contributed by atoms with Gasteiger partial charge >= 0.3 is 0 Å². The lowest BCUT2D eigenvalue weighted by molar-refractivity contribution is 0.743. The van der Waals surface area contributed by atoms with Crippen LogP contribution >= 0.6 is 11.3 Å². The topological polar surface area (TPSA) is 0 Å². The van der Waals surface area contributed by atoms with E-state index in [0.29, 0.717) is 0 Å². The molecule has 1 heterocycles. The third-order valence-electron chi connectivity index (χ3n) is 2.62. The minimum atomic E-state index is 1.18. The van der Waals surface area contributed by atoms with E-state index in [2.05, 4.69) is 25.1 Å². The first-order valence-electron chi connectivity index (χ1n) is 5.18. The molecule has 0 radical (unpaired) electrons. The number of thiophene rings is 1. The monoisotopic (exact) mass is 192 g/mol. The van der Waals surface area contributed by atoms with Crippen LogP contribution in [0.25, 0.3) is 5.57 Å². The van der Waals surface area contributed by atoms with Crippen LogP contribution in [0.3, 0.4) is 0 Å². The van der Waals surface area contributed by atoms with Gasteiger partial charge in [0.2, 0.25) is 0 Å². The van der Waals surface area contributed by atoms with Crippen LogP contribution in [0.15, 0.2) is 18.2 Å². The lowest BCUT2D eigenvalue weighted by Gasteiger charge is -2.10. The molecule has 0 unspecified atom stereocenters. The van der Waals surface area contributed by atoms with Crippen LogP contribution in [0.4, 0.5) is 0 Å². The Morgan fingerprint density at radius 1 is 1.31 bits per heavy atom. The van der Waals surface area contributed by atoms with Gasteiger partial charge in [0.1, 0.15) is 0 Å². The van der Waals surface area contributed by atoms with Gasteiger partial charge in [-0.25, -0.2) is 0 Å². The Kier molecular flexibility index (Phi) is 2.84. The van der Waals surface area contributed by atoms with Crippen molar-refractivity contribution in [2.24, 2.45) is 0 Å². The Bertz CT molecular complexity index is 307. The summed E-state index contributed by atoms with van der Waals surface area (Å²) in [6, 6.07) is 4.57. The fraction of sp³-hybridized carbons (Fsp3) is 0.500. The van der Waals surface area contributed by atoms with Crippen molar-refractivity contribution in [1.82, 2.24) is 0 Å². The molecule has 0 aliphatic heterocycles. The molecule has 13 heavy (non-hydrogen) atoms. The van der Waals surface area contributed by atoms with Gasteiger partial charge in [-0.15, -0.1) is 11.3 Å². The molecule has 0 spiro atoms. The van der Waals surface area contributed by atoms with Gasteiger partial charge in [0.15, 0.2) is 0 Å². The third-order valence-corrected chi connectivity index (χ3v) is 3.92. The predicted octanol–water partition coefficient (Wildman–Crippen LogP) is 4.27. The van der Waals surface area contributed by atoms with E-state index in [1.807, 2.05) is 11.3 Å². The number of allylic oxidation sites excluding steroid dienone is 2. The van der Waals surface area contributed by atoms with Crippen LogP contribution in [0.2, 0.25) is 0 Å². The smallest absolute Gasteiger partial charge is 0.0302 e. The zero-order chi connectivity index (χ0) is 9.10. The summed E-state index contributed by atoms with van der Waals surface area (Å²) in [5.74, 6) is 0. The van der Waals surface area contributed by atoms with Crippen LogP contribution in [0.1, 0.15) is 42.4 Å². The van der Waals surface area contributed by atoms with E-state index in [4.69, 9.17) is 0 Å². The highest BCUT2D eigenvalue weighted by Crippen LogP contribution is 2.31. The Balaban J connectivity index is 2.19. The Morgan fingerprint density at radius 3 is 2.85 bits per heavy atom. The van der Waals surface area contributed by atoms with Crippen LogP contribution in [-0.2, 0) is 6.42 Å². The Labute approximate surface area is 84.3 Å². The molecule has 1 heteroatoms. The van der Waals surface area contributed by atoms with Crippen molar-refractivity contribution >= 4 is 16.9 Å². The summed E-state index contributed by atoms with van der Waals surface area (Å²) < 4.78 is 0. The molecule has 1 aromatic heterocycles. The fourth-order valence-corrected chi connectivity index (χ4v) is 2.82. The number of aryl methyl sites for hydroxylation is 1. The number of rotatable bonds is 2. The van der Waals surface area contributed by atoms with E-state index in [1.54, 1.807) is 5.57 Å². The normalized spacial score (nSPS) is 17.2. The summed E-state index contributed by atoms with van der Waals surface area (Å²) in [5.41, 5.74) is 1.59. The van der Waals surface area contributed by atoms with Gasteiger partial charge in [-0.1, -0.05) is 13.0 Å². The van der Waals surface area contributed by atoms with Crippen molar-refractivity contribution in [3.8, 4) is 0 Å². The summed E-state index contributed by atoms with van der Waals surface area (Å²) in [6.07, 6.45) is 8.95. The SMILES string of the molecule is CCc1ccc(C2=CCCCC2)s1. The van der Waals surface area contributed by atoms with Gasteiger partial charge in [0.05, 0.1) is 0 Å². The van der Waals surface area contributed by atoms with E-state index in [9.17, 15) is 0 Å². The van der Waals surface area contributed by atoms with Crippen molar-refractivity contribution in [3.05, 3.63) is 28.0 Å². The molecule has 0 saturated carbocycles. The molecule has 0 fully saturated rings. The van der Waals surface area contributed by atoms with E-state index < -0.39 is 0 Å². The van der Waals surface area contributed by atoms with Gasteiger partial charge in [0, 0.05) is 9.75 Å². The molecule has 0 amide bonds. The van der Waals surface area contributed by atoms with Crippen LogP contribution in [-0.4, -0.2) is 0 Å². The minimum Gasteiger partial charge on any atom is -0.141 e. The molecule has 70 valence electrons. The van der Waals surface area contributed by atoms with Gasteiger partial charge < -0.3 is 0 Å². The maximum absolute atomic E-state index is 2.43. The maximum atomic E-state index is 2.43. The van der Waals surface area contributed by atoms with E-state index >= 15 is 0 Å². The summed E-state index contributed by atoms with van der Waals surface area (Å²) >= 11 is 1.97. The van der Waals surface area contributed by atoms with Gasteiger partial charge in [0.25, 0.3) is 0 Å². The number of hydrogen-bond acceptors (Lipinski definition) is 1.